The Balaban J connectivity index is 2.59. The predicted molar refractivity (Wildman–Crippen MR) is 70.1 cm³/mol. The summed E-state index contributed by atoms with van der Waals surface area (Å²) in [5.74, 6) is 4.70. The molecule has 1 atom stereocenters. The first-order valence-electron chi connectivity index (χ1n) is 5.75. The first-order valence-corrected chi connectivity index (χ1v) is 5.75. The summed E-state index contributed by atoms with van der Waals surface area (Å²) in [6.07, 6.45) is 0. The number of hydrogen-bond donors (Lipinski definition) is 2. The van der Waals surface area contributed by atoms with Crippen LogP contribution in [0.1, 0.15) is 17.3 Å². The number of nitrogens with one attached hydrogen (secondary N) is 1. The molecule has 1 amide bonds. The Kier molecular flexibility index (Phi) is 3.72. The first kappa shape index (κ1) is 13.0. The van der Waals surface area contributed by atoms with Crippen LogP contribution in [0.5, 0.6) is 0 Å². The van der Waals surface area contributed by atoms with Crippen molar-refractivity contribution in [2.45, 2.75) is 13.0 Å². The van der Waals surface area contributed by atoms with Crippen LogP contribution in [0.2, 0.25) is 0 Å². The molecule has 0 bridgehead atoms. The minimum atomic E-state index is -0.876. The number of amides is 1. The quantitative estimate of drug-likeness (QED) is 0.465. The summed E-state index contributed by atoms with van der Waals surface area (Å²) in [6, 6.07) is 11.0. The van der Waals surface area contributed by atoms with Crippen molar-refractivity contribution in [3.05, 3.63) is 64.1 Å². The van der Waals surface area contributed by atoms with Crippen LogP contribution < -0.4 is 16.8 Å². The van der Waals surface area contributed by atoms with Gasteiger partial charge < -0.3 is 0 Å². The zero-order valence-corrected chi connectivity index (χ0v) is 10.4. The fourth-order valence-corrected chi connectivity index (χ4v) is 1.82. The second-order valence-electron chi connectivity index (χ2n) is 4.08. The number of carbonyl (C=O) groups is 1. The van der Waals surface area contributed by atoms with E-state index in [1.807, 2.05) is 6.07 Å². The first-order chi connectivity index (χ1) is 9.13. The van der Waals surface area contributed by atoms with E-state index in [0.29, 0.717) is 11.3 Å². The third-order valence-corrected chi connectivity index (χ3v) is 2.71. The zero-order valence-electron chi connectivity index (χ0n) is 10.4. The molecule has 3 N–H and O–H groups in total. The maximum Gasteiger partial charge on any atom is 0.267 e. The van der Waals surface area contributed by atoms with Crippen molar-refractivity contribution in [1.29, 1.82) is 0 Å². The van der Waals surface area contributed by atoms with E-state index in [0.717, 1.165) is 4.68 Å². The van der Waals surface area contributed by atoms with Crippen LogP contribution in [0.15, 0.2) is 47.3 Å². The number of aromatic nitrogens is 2. The van der Waals surface area contributed by atoms with E-state index in [1.54, 1.807) is 37.3 Å². The van der Waals surface area contributed by atoms with Crippen LogP contribution in [0.25, 0.3) is 0 Å². The molecular weight excluding hydrogens is 244 g/mol. The van der Waals surface area contributed by atoms with Crippen LogP contribution in [-0.2, 0) is 4.79 Å². The molecule has 1 aromatic carbocycles. The van der Waals surface area contributed by atoms with Crippen LogP contribution >= 0.6 is 0 Å². The van der Waals surface area contributed by atoms with Crippen LogP contribution in [0.4, 0.5) is 0 Å². The molecule has 2 rings (SSSR count). The van der Waals surface area contributed by atoms with Gasteiger partial charge in [-0.05, 0) is 18.6 Å². The number of nitrogens with two attached hydrogens (primary N) is 1. The maximum absolute atomic E-state index is 11.9. The molecule has 2 aromatic rings. The molecule has 0 aliphatic heterocycles. The van der Waals surface area contributed by atoms with Gasteiger partial charge in [0.2, 0.25) is 0 Å². The third kappa shape index (κ3) is 2.69. The lowest BCUT2D eigenvalue weighted by Crippen LogP contribution is -2.42. The Labute approximate surface area is 109 Å². The topological polar surface area (TPSA) is 90.0 Å². The molecule has 0 aliphatic rings. The monoisotopic (exact) mass is 258 g/mol. The number of benzene rings is 1. The van der Waals surface area contributed by atoms with Crippen molar-refractivity contribution < 1.29 is 4.79 Å². The van der Waals surface area contributed by atoms with Gasteiger partial charge in [0.25, 0.3) is 11.5 Å². The second kappa shape index (κ2) is 5.45. The average molecular weight is 258 g/mol. The molecule has 0 radical (unpaired) electrons. The van der Waals surface area contributed by atoms with E-state index in [-0.39, 0.29) is 5.56 Å². The van der Waals surface area contributed by atoms with Crippen LogP contribution in [-0.4, -0.2) is 15.7 Å². The summed E-state index contributed by atoms with van der Waals surface area (Å²) in [6.45, 7) is 1.75. The lowest BCUT2D eigenvalue weighted by Gasteiger charge is -2.17. The maximum atomic E-state index is 11.9. The summed E-state index contributed by atoms with van der Waals surface area (Å²) in [5, 5.41) is 4.11. The van der Waals surface area contributed by atoms with Crippen molar-refractivity contribution in [3.63, 3.8) is 0 Å². The number of hydrogen-bond acceptors (Lipinski definition) is 4. The number of rotatable bonds is 3. The van der Waals surface area contributed by atoms with Gasteiger partial charge in [0, 0.05) is 6.07 Å². The highest BCUT2D eigenvalue weighted by atomic mass is 16.2. The third-order valence-electron chi connectivity index (χ3n) is 2.71. The second-order valence-corrected chi connectivity index (χ2v) is 4.08. The SMILES string of the molecule is Cc1ccc(=O)n(C(C(=O)NN)c2ccccc2)n1. The van der Waals surface area contributed by atoms with Gasteiger partial charge >= 0.3 is 0 Å². The molecule has 0 aliphatic carbocycles. The van der Waals surface area contributed by atoms with Gasteiger partial charge in [-0.2, -0.15) is 5.10 Å². The van der Waals surface area contributed by atoms with Gasteiger partial charge in [0.15, 0.2) is 6.04 Å². The molecule has 0 spiro atoms. The van der Waals surface area contributed by atoms with Gasteiger partial charge in [0.05, 0.1) is 5.69 Å². The number of nitrogens with zero attached hydrogens (tertiary/aromatic N) is 2. The lowest BCUT2D eigenvalue weighted by atomic mass is 10.1. The Hall–Kier alpha value is -2.47. The molecule has 98 valence electrons. The summed E-state index contributed by atoms with van der Waals surface area (Å²) >= 11 is 0. The minimum absolute atomic E-state index is 0.358. The molecule has 19 heavy (non-hydrogen) atoms. The van der Waals surface area contributed by atoms with Gasteiger partial charge in [-0.15, -0.1) is 0 Å². The van der Waals surface area contributed by atoms with Crippen molar-refractivity contribution >= 4 is 5.91 Å². The fraction of sp³-hybridized carbons (Fsp3) is 0.154. The molecule has 1 aromatic heterocycles. The Bertz CT molecular complexity index is 637. The normalized spacial score (nSPS) is 11.9. The van der Waals surface area contributed by atoms with Crippen LogP contribution in [0.3, 0.4) is 0 Å². The zero-order chi connectivity index (χ0) is 13.8. The molecule has 6 nitrogen and oxygen atoms in total. The number of carbonyl (C=O) groups excluding carboxylic acids is 1. The summed E-state index contributed by atoms with van der Waals surface area (Å²) in [4.78, 5) is 23.8. The molecule has 6 heteroatoms. The van der Waals surface area contributed by atoms with E-state index >= 15 is 0 Å². The van der Waals surface area contributed by atoms with E-state index < -0.39 is 11.9 Å². The van der Waals surface area contributed by atoms with Crippen LogP contribution in [0, 0.1) is 6.92 Å². The van der Waals surface area contributed by atoms with E-state index in [4.69, 9.17) is 5.84 Å². The highest BCUT2D eigenvalue weighted by molar-refractivity contribution is 5.82. The number of hydrazine groups is 1. The molecule has 1 unspecified atom stereocenters. The van der Waals surface area contributed by atoms with Gasteiger partial charge in [-0.1, -0.05) is 30.3 Å². The number of aryl methyl sites for hydroxylation is 1. The van der Waals surface area contributed by atoms with E-state index in [1.165, 1.54) is 6.07 Å². The average Bonchev–Trinajstić information content (AvgIpc) is 2.44. The minimum Gasteiger partial charge on any atom is -0.292 e. The predicted octanol–water partition coefficient (Wildman–Crippen LogP) is 0.131. The van der Waals surface area contributed by atoms with E-state index in [9.17, 15) is 9.59 Å². The van der Waals surface area contributed by atoms with Crippen molar-refractivity contribution in [2.24, 2.45) is 5.84 Å². The summed E-state index contributed by atoms with van der Waals surface area (Å²) in [5.41, 5.74) is 3.00. The molecule has 1 heterocycles. The summed E-state index contributed by atoms with van der Waals surface area (Å²) in [7, 11) is 0. The highest BCUT2D eigenvalue weighted by Crippen LogP contribution is 2.15. The Morgan fingerprint density at radius 1 is 1.26 bits per heavy atom. The smallest absolute Gasteiger partial charge is 0.267 e. The molecule has 0 fully saturated rings. The van der Waals surface area contributed by atoms with Gasteiger partial charge in [0.1, 0.15) is 0 Å². The molecule has 0 saturated carbocycles. The molecule has 0 saturated heterocycles. The van der Waals surface area contributed by atoms with Crippen molar-refractivity contribution in [2.75, 3.05) is 0 Å². The van der Waals surface area contributed by atoms with E-state index in [2.05, 4.69) is 10.5 Å². The fourth-order valence-electron chi connectivity index (χ4n) is 1.82. The Morgan fingerprint density at radius 2 is 1.95 bits per heavy atom. The molecular formula is C13H14N4O2. The summed E-state index contributed by atoms with van der Waals surface area (Å²) < 4.78 is 1.13. The Morgan fingerprint density at radius 3 is 2.58 bits per heavy atom. The largest absolute Gasteiger partial charge is 0.292 e. The highest BCUT2D eigenvalue weighted by Gasteiger charge is 2.23. The standard InChI is InChI=1S/C13H14N4O2/c1-9-7-8-11(18)17(16-9)12(13(19)15-14)10-5-3-2-4-6-10/h2-8,12H,14H2,1H3,(H,15,19). The van der Waals surface area contributed by atoms with Gasteiger partial charge in [-0.3, -0.25) is 15.0 Å². The van der Waals surface area contributed by atoms with Crippen molar-refractivity contribution in [3.8, 4) is 0 Å². The van der Waals surface area contributed by atoms with Crippen molar-refractivity contribution in [1.82, 2.24) is 15.2 Å². The van der Waals surface area contributed by atoms with Gasteiger partial charge in [-0.25, -0.2) is 10.5 Å². The lowest BCUT2D eigenvalue weighted by molar-refractivity contribution is -0.123.